The molecule has 1 radical (unpaired) electrons. The zero-order valence-corrected chi connectivity index (χ0v) is 11.6. The molecule has 1 rings (SSSR count). The topological polar surface area (TPSA) is 3.24 Å². The van der Waals surface area contributed by atoms with Crippen molar-refractivity contribution in [3.05, 3.63) is 30.7 Å². The van der Waals surface area contributed by atoms with Crippen LogP contribution in [0.5, 0.6) is 0 Å². The van der Waals surface area contributed by atoms with Gasteiger partial charge in [-0.2, -0.15) is 0 Å². The molecule has 0 N–H and O–H groups in total. The van der Waals surface area contributed by atoms with Crippen LogP contribution in [-0.2, 0) is 20.8 Å². The molecule has 0 unspecified atom stereocenters. The van der Waals surface area contributed by atoms with Gasteiger partial charge in [0.05, 0.1) is 0 Å². The van der Waals surface area contributed by atoms with E-state index in [9.17, 15) is 0 Å². The Morgan fingerprint density at radius 1 is 0.917 bits per heavy atom. The Kier molecular flexibility index (Phi) is 18.5. The molecule has 0 amide bonds. The molecule has 12 heavy (non-hydrogen) atoms. The third kappa shape index (κ3) is 30.7. The Bertz CT molecular complexity index is 111. The first-order valence-corrected chi connectivity index (χ1v) is 9.72. The number of nitrogens with zero attached hydrogens (tertiary/aromatic N) is 1. The first kappa shape index (κ1) is 15.4. The van der Waals surface area contributed by atoms with E-state index in [4.69, 9.17) is 17.0 Å². The molecule has 0 heterocycles. The van der Waals surface area contributed by atoms with Gasteiger partial charge >= 0.3 is 37.9 Å². The zero-order valence-electron chi connectivity index (χ0n) is 7.59. The van der Waals surface area contributed by atoms with Gasteiger partial charge in [0.25, 0.3) is 0 Å². The van der Waals surface area contributed by atoms with E-state index in [-0.39, 0.29) is 0 Å². The van der Waals surface area contributed by atoms with Crippen LogP contribution in [0.15, 0.2) is 24.3 Å². The predicted octanol–water partition coefficient (Wildman–Crippen LogP) is 2.87. The summed E-state index contributed by atoms with van der Waals surface area (Å²) in [5.74, 6) is 0. The van der Waals surface area contributed by atoms with E-state index in [1.165, 1.54) is 0 Å². The third-order valence-corrected chi connectivity index (χ3v) is 0.556. The normalized spacial score (nSPS) is 11.5. The van der Waals surface area contributed by atoms with E-state index in [0.29, 0.717) is 0 Å². The van der Waals surface area contributed by atoms with Gasteiger partial charge < -0.3 is 4.90 Å². The fourth-order valence-electron chi connectivity index (χ4n) is 0.321. The first-order valence-electron chi connectivity index (χ1n) is 3.39. The molecule has 1 nitrogen and oxygen atoms in total. The van der Waals surface area contributed by atoms with Crippen molar-refractivity contribution in [2.24, 2.45) is 0 Å². The van der Waals surface area contributed by atoms with Gasteiger partial charge in [-0.05, 0) is 21.1 Å². The molecule has 0 aliphatic heterocycles. The molecule has 0 fully saturated rings. The van der Waals surface area contributed by atoms with Crippen molar-refractivity contribution in [1.82, 2.24) is 4.90 Å². The second kappa shape index (κ2) is 14.4. The van der Waals surface area contributed by atoms with E-state index in [2.05, 4.69) is 0 Å². The minimum atomic E-state index is -0.826. The van der Waals surface area contributed by atoms with Gasteiger partial charge in [-0.25, -0.2) is 0 Å². The molecule has 1 aliphatic rings. The Morgan fingerprint density at radius 3 is 1.25 bits per heavy atom. The van der Waals surface area contributed by atoms with Gasteiger partial charge in [0.1, 0.15) is 0 Å². The summed E-state index contributed by atoms with van der Waals surface area (Å²) in [5, 5.41) is 0. The predicted molar refractivity (Wildman–Crippen MR) is 53.9 cm³/mol. The van der Waals surface area contributed by atoms with Crippen molar-refractivity contribution in [2.75, 3.05) is 21.1 Å². The van der Waals surface area contributed by atoms with Gasteiger partial charge in [-0.3, -0.25) is 0 Å². The molecule has 0 bridgehead atoms. The van der Waals surface area contributed by atoms with E-state index in [1.807, 2.05) is 56.8 Å². The van der Waals surface area contributed by atoms with Crippen LogP contribution in [0.1, 0.15) is 0 Å². The fourth-order valence-corrected chi connectivity index (χ4v) is 0.321. The third-order valence-electron chi connectivity index (χ3n) is 0.556. The number of allylic oxidation sites excluding steroid dienone is 4. The van der Waals surface area contributed by atoms with Crippen molar-refractivity contribution >= 4 is 17.0 Å². The summed E-state index contributed by atoms with van der Waals surface area (Å²) < 4.78 is 0. The fraction of sp³-hybridized carbons (Fsp3) is 0.375. The van der Waals surface area contributed by atoms with Crippen molar-refractivity contribution < 1.29 is 20.8 Å². The van der Waals surface area contributed by atoms with Crippen LogP contribution in [0.2, 0.25) is 0 Å². The molecule has 0 atom stereocenters. The molecule has 0 saturated carbocycles. The van der Waals surface area contributed by atoms with Crippen LogP contribution < -0.4 is 0 Å². The molecule has 0 aromatic heterocycles. The molecular formula is C8H14Cl2NZr. The summed E-state index contributed by atoms with van der Waals surface area (Å²) in [4.78, 5) is 2.00. The molecule has 0 saturated heterocycles. The molecule has 0 aromatic rings. The van der Waals surface area contributed by atoms with Crippen LogP contribution in [0, 0.1) is 6.42 Å². The molecule has 69 valence electrons. The summed E-state index contributed by atoms with van der Waals surface area (Å²) in [6.07, 6.45) is 10.0. The Balaban J connectivity index is 0. The molecule has 4 heteroatoms. The van der Waals surface area contributed by atoms with E-state index in [0.717, 1.165) is 0 Å². The van der Waals surface area contributed by atoms with Gasteiger partial charge in [-0.15, -0.1) is 0 Å². The minimum absolute atomic E-state index is 0.826. The number of halogens is 2. The van der Waals surface area contributed by atoms with Gasteiger partial charge in [-0.1, -0.05) is 24.3 Å². The van der Waals surface area contributed by atoms with Crippen molar-refractivity contribution in [2.45, 2.75) is 0 Å². The van der Waals surface area contributed by atoms with Crippen LogP contribution >= 0.6 is 17.0 Å². The molecule has 1 aliphatic carbocycles. The Morgan fingerprint density at radius 2 is 1.17 bits per heavy atom. The zero-order chi connectivity index (χ0) is 9.82. The molecule has 0 aromatic carbocycles. The Labute approximate surface area is 94.1 Å². The maximum absolute atomic E-state index is 4.93. The summed E-state index contributed by atoms with van der Waals surface area (Å²) in [5.41, 5.74) is 0. The molecule has 0 spiro atoms. The summed E-state index contributed by atoms with van der Waals surface area (Å²) in [6.45, 7) is 0. The Hall–Kier alpha value is 0.903. The van der Waals surface area contributed by atoms with Gasteiger partial charge in [0.15, 0.2) is 0 Å². The second-order valence-corrected chi connectivity index (χ2v) is 6.11. The summed E-state index contributed by atoms with van der Waals surface area (Å²) >= 11 is -0.826. The monoisotopic (exact) mass is 284 g/mol. The van der Waals surface area contributed by atoms with Crippen molar-refractivity contribution in [3.63, 3.8) is 0 Å². The number of hydrogen-bond donors (Lipinski definition) is 0. The van der Waals surface area contributed by atoms with Gasteiger partial charge in [0, 0.05) is 6.42 Å². The number of hydrogen-bond acceptors (Lipinski definition) is 1. The van der Waals surface area contributed by atoms with E-state index >= 15 is 0 Å². The van der Waals surface area contributed by atoms with Crippen LogP contribution in [0.25, 0.3) is 0 Å². The van der Waals surface area contributed by atoms with Crippen LogP contribution in [-0.4, -0.2) is 26.0 Å². The average molecular weight is 286 g/mol. The van der Waals surface area contributed by atoms with E-state index in [1.54, 1.807) is 0 Å². The van der Waals surface area contributed by atoms with Crippen LogP contribution in [0.4, 0.5) is 0 Å². The summed E-state index contributed by atoms with van der Waals surface area (Å²) in [6, 6.07) is 0. The average Bonchev–Trinajstić information content (AvgIpc) is 2.40. The van der Waals surface area contributed by atoms with Crippen molar-refractivity contribution in [1.29, 1.82) is 0 Å². The standard InChI is InChI=1S/C5H5.C3H9N.2ClH.Zr/c1-2-4-5-3-1;1-4(2)3;;;/h1-5H;1-3H3;2*1H;/q;;;;+2/p-2. The number of rotatable bonds is 0. The SMILES string of the molecule is CN(C)C.[CH]1C=CC=C1.[Cl][Zr][Cl]. The summed E-state index contributed by atoms with van der Waals surface area (Å²) in [7, 11) is 15.9. The second-order valence-electron chi connectivity index (χ2n) is 2.38. The van der Waals surface area contributed by atoms with E-state index < -0.39 is 20.8 Å². The first-order chi connectivity index (χ1) is 5.65. The van der Waals surface area contributed by atoms with Crippen LogP contribution in [0.3, 0.4) is 0 Å². The van der Waals surface area contributed by atoms with Crippen molar-refractivity contribution in [3.8, 4) is 0 Å². The molecular weight excluding hydrogens is 272 g/mol. The quantitative estimate of drug-likeness (QED) is 0.662. The maximum atomic E-state index is 4.93. The van der Waals surface area contributed by atoms with Gasteiger partial charge in [0.2, 0.25) is 0 Å².